The molecule has 1 saturated heterocycles. The van der Waals surface area contributed by atoms with Gasteiger partial charge in [0.05, 0.1) is 18.4 Å². The number of nitrogens with zero attached hydrogens (tertiary/aromatic N) is 1. The molecule has 1 heterocycles. The predicted molar refractivity (Wildman–Crippen MR) is 80.6 cm³/mol. The van der Waals surface area contributed by atoms with Gasteiger partial charge >= 0.3 is 0 Å². The van der Waals surface area contributed by atoms with Crippen molar-refractivity contribution in [2.24, 2.45) is 17.8 Å². The molecule has 1 aliphatic carbocycles. The lowest BCUT2D eigenvalue weighted by Crippen LogP contribution is -2.36. The second kappa shape index (κ2) is 5.37. The Hall–Kier alpha value is -1.49. The number of hydrogen-bond acceptors (Lipinski definition) is 3. The number of ketones is 1. The Kier molecular flexibility index (Phi) is 3.69. The summed E-state index contributed by atoms with van der Waals surface area (Å²) in [4.78, 5) is 38.1. The van der Waals surface area contributed by atoms with Gasteiger partial charge in [-0.3, -0.25) is 19.3 Å². The topological polar surface area (TPSA) is 54.5 Å². The van der Waals surface area contributed by atoms with E-state index in [1.54, 1.807) is 18.2 Å². The van der Waals surface area contributed by atoms with Crippen molar-refractivity contribution >= 4 is 33.5 Å². The van der Waals surface area contributed by atoms with Crippen molar-refractivity contribution in [1.82, 2.24) is 4.90 Å². The highest BCUT2D eigenvalue weighted by molar-refractivity contribution is 9.10. The zero-order valence-electron chi connectivity index (χ0n) is 11.7. The summed E-state index contributed by atoms with van der Waals surface area (Å²) >= 11 is 3.31. The van der Waals surface area contributed by atoms with Crippen LogP contribution in [0.4, 0.5) is 0 Å². The zero-order chi connectivity index (χ0) is 15.1. The molecule has 1 saturated carbocycles. The Bertz CT molecular complexity index is 604. The number of amides is 2. The number of hydrogen-bond donors (Lipinski definition) is 0. The van der Waals surface area contributed by atoms with Gasteiger partial charge in [0, 0.05) is 10.0 Å². The van der Waals surface area contributed by atoms with Crippen LogP contribution in [0.5, 0.6) is 0 Å². The molecule has 2 fully saturated rings. The molecule has 1 aromatic carbocycles. The van der Waals surface area contributed by atoms with Crippen molar-refractivity contribution in [1.29, 1.82) is 0 Å². The fourth-order valence-corrected chi connectivity index (χ4v) is 3.80. The van der Waals surface area contributed by atoms with Gasteiger partial charge in [-0.15, -0.1) is 0 Å². The van der Waals surface area contributed by atoms with Crippen LogP contribution in [0, 0.1) is 17.8 Å². The van der Waals surface area contributed by atoms with Gasteiger partial charge in [0.15, 0.2) is 5.78 Å². The van der Waals surface area contributed by atoms with Crippen molar-refractivity contribution < 1.29 is 14.4 Å². The van der Waals surface area contributed by atoms with Crippen LogP contribution in [0.3, 0.4) is 0 Å². The summed E-state index contributed by atoms with van der Waals surface area (Å²) in [7, 11) is 0. The summed E-state index contributed by atoms with van der Waals surface area (Å²) in [5, 5.41) is 0. The number of carbonyl (C=O) groups excluding carboxylic acids is 3. The van der Waals surface area contributed by atoms with Gasteiger partial charge < -0.3 is 0 Å². The molecule has 2 unspecified atom stereocenters. The van der Waals surface area contributed by atoms with Crippen LogP contribution < -0.4 is 0 Å². The van der Waals surface area contributed by atoms with Gasteiger partial charge in [0.2, 0.25) is 11.8 Å². The van der Waals surface area contributed by atoms with Gasteiger partial charge in [-0.2, -0.15) is 0 Å². The first kappa shape index (κ1) is 14.4. The molecule has 1 aromatic rings. The van der Waals surface area contributed by atoms with Crippen LogP contribution >= 0.6 is 15.9 Å². The summed E-state index contributed by atoms with van der Waals surface area (Å²) in [6.45, 7) is 1.92. The van der Waals surface area contributed by atoms with Crippen LogP contribution in [-0.4, -0.2) is 29.0 Å². The molecule has 1 aliphatic heterocycles. The molecular formula is C16H16BrNO3. The van der Waals surface area contributed by atoms with E-state index in [1.165, 1.54) is 0 Å². The highest BCUT2D eigenvalue weighted by Crippen LogP contribution is 2.42. The molecule has 4 nitrogen and oxygen atoms in total. The molecule has 2 amide bonds. The Balaban J connectivity index is 1.75. The van der Waals surface area contributed by atoms with E-state index in [4.69, 9.17) is 0 Å². The monoisotopic (exact) mass is 349 g/mol. The largest absolute Gasteiger partial charge is 0.292 e. The average molecular weight is 350 g/mol. The number of fused-ring (bicyclic) bond motifs is 1. The highest BCUT2D eigenvalue weighted by Gasteiger charge is 2.51. The third-order valence-corrected chi connectivity index (χ3v) is 4.91. The predicted octanol–water partition coefficient (Wildman–Crippen LogP) is 2.66. The molecule has 5 heteroatoms. The highest BCUT2D eigenvalue weighted by atomic mass is 79.9. The molecule has 0 radical (unpaired) electrons. The summed E-state index contributed by atoms with van der Waals surface area (Å²) in [5.41, 5.74) is 0.510. The first-order chi connectivity index (χ1) is 9.97. The number of halogens is 1. The van der Waals surface area contributed by atoms with Crippen molar-refractivity contribution in [3.63, 3.8) is 0 Å². The summed E-state index contributed by atoms with van der Waals surface area (Å²) in [5.74, 6) is -0.539. The summed E-state index contributed by atoms with van der Waals surface area (Å²) < 4.78 is 0.804. The van der Waals surface area contributed by atoms with Gasteiger partial charge in [-0.25, -0.2) is 0 Å². The Morgan fingerprint density at radius 3 is 2.43 bits per heavy atom. The first-order valence-corrected chi connectivity index (χ1v) is 7.90. The molecular weight excluding hydrogens is 334 g/mol. The van der Waals surface area contributed by atoms with E-state index in [0.29, 0.717) is 11.5 Å². The molecule has 3 rings (SSSR count). The average Bonchev–Trinajstić information content (AvgIpc) is 2.92. The Morgan fingerprint density at radius 1 is 1.24 bits per heavy atom. The molecule has 0 bridgehead atoms. The fraction of sp³-hybridized carbons (Fsp3) is 0.438. The zero-order valence-corrected chi connectivity index (χ0v) is 13.3. The second-order valence-corrected chi connectivity index (χ2v) is 6.90. The van der Waals surface area contributed by atoms with E-state index in [1.807, 2.05) is 6.07 Å². The molecule has 0 aromatic heterocycles. The smallest absolute Gasteiger partial charge is 0.233 e. The van der Waals surface area contributed by atoms with E-state index < -0.39 is 0 Å². The standard InChI is InChI=1S/C16H16BrNO3/c1-9-5-12-13(6-9)16(21)18(15(12)20)8-14(19)10-3-2-4-11(17)7-10/h2-4,7,9,12-13H,5-6,8H2,1H3. The fourth-order valence-electron chi connectivity index (χ4n) is 3.40. The van der Waals surface area contributed by atoms with Gasteiger partial charge in [-0.05, 0) is 30.9 Å². The third kappa shape index (κ3) is 2.55. The van der Waals surface area contributed by atoms with E-state index in [0.717, 1.165) is 22.2 Å². The molecule has 21 heavy (non-hydrogen) atoms. The maximum absolute atomic E-state index is 12.3. The molecule has 0 spiro atoms. The third-order valence-electron chi connectivity index (χ3n) is 4.41. The van der Waals surface area contributed by atoms with Crippen LogP contribution in [0.15, 0.2) is 28.7 Å². The van der Waals surface area contributed by atoms with Crippen molar-refractivity contribution in [2.45, 2.75) is 19.8 Å². The lowest BCUT2D eigenvalue weighted by molar-refractivity contribution is -0.139. The molecule has 110 valence electrons. The van der Waals surface area contributed by atoms with E-state index in [2.05, 4.69) is 22.9 Å². The first-order valence-electron chi connectivity index (χ1n) is 7.11. The summed E-state index contributed by atoms with van der Waals surface area (Å²) in [6, 6.07) is 6.99. The minimum absolute atomic E-state index is 0.143. The Labute approximate surface area is 131 Å². The number of Topliss-reactive ketones (excluding diaryl/α,β-unsaturated/α-hetero) is 1. The van der Waals surface area contributed by atoms with E-state index in [9.17, 15) is 14.4 Å². The lowest BCUT2D eigenvalue weighted by Gasteiger charge is -2.16. The van der Waals surface area contributed by atoms with Crippen molar-refractivity contribution in [3.8, 4) is 0 Å². The lowest BCUT2D eigenvalue weighted by atomic mass is 10.00. The van der Waals surface area contributed by atoms with Crippen molar-refractivity contribution in [3.05, 3.63) is 34.3 Å². The number of rotatable bonds is 3. The second-order valence-electron chi connectivity index (χ2n) is 5.99. The number of carbonyl (C=O) groups is 3. The normalized spacial score (nSPS) is 28.1. The number of likely N-dealkylation sites (tertiary alicyclic amines) is 1. The maximum Gasteiger partial charge on any atom is 0.233 e. The SMILES string of the molecule is CC1CC2C(=O)N(CC(=O)c3cccc(Br)c3)C(=O)C2C1. The number of imide groups is 1. The molecule has 0 N–H and O–H groups in total. The minimum Gasteiger partial charge on any atom is -0.292 e. The van der Waals surface area contributed by atoms with Crippen molar-refractivity contribution in [2.75, 3.05) is 6.54 Å². The summed E-state index contributed by atoms with van der Waals surface area (Å²) in [6.07, 6.45) is 1.52. The maximum atomic E-state index is 12.3. The van der Waals surface area contributed by atoms with Crippen LogP contribution in [-0.2, 0) is 9.59 Å². The molecule has 2 aliphatic rings. The van der Waals surface area contributed by atoms with E-state index >= 15 is 0 Å². The van der Waals surface area contributed by atoms with Crippen LogP contribution in [0.25, 0.3) is 0 Å². The van der Waals surface area contributed by atoms with Crippen LogP contribution in [0.1, 0.15) is 30.1 Å². The minimum atomic E-state index is -0.206. The van der Waals surface area contributed by atoms with E-state index in [-0.39, 0.29) is 36.0 Å². The van der Waals surface area contributed by atoms with Gasteiger partial charge in [0.1, 0.15) is 0 Å². The Morgan fingerprint density at radius 2 is 1.86 bits per heavy atom. The molecule has 2 atom stereocenters. The van der Waals surface area contributed by atoms with Crippen LogP contribution in [0.2, 0.25) is 0 Å². The van der Waals surface area contributed by atoms with Gasteiger partial charge in [-0.1, -0.05) is 35.0 Å². The number of benzene rings is 1. The van der Waals surface area contributed by atoms with Gasteiger partial charge in [0.25, 0.3) is 0 Å². The quantitative estimate of drug-likeness (QED) is 0.622.